The minimum atomic E-state index is 0.0196. The Kier molecular flexibility index (Phi) is 5.59. The highest BCUT2D eigenvalue weighted by molar-refractivity contribution is 6.33. The van der Waals surface area contributed by atoms with Gasteiger partial charge in [-0.2, -0.15) is 5.10 Å². The zero-order valence-electron chi connectivity index (χ0n) is 15.3. The highest BCUT2D eigenvalue weighted by Gasteiger charge is 2.25. The number of anilines is 1. The highest BCUT2D eigenvalue weighted by atomic mass is 35.5. The molecule has 0 radical (unpaired) electrons. The Morgan fingerprint density at radius 3 is 2.85 bits per heavy atom. The molecule has 2 aromatic heterocycles. The van der Waals surface area contributed by atoms with Gasteiger partial charge in [0.15, 0.2) is 0 Å². The lowest BCUT2D eigenvalue weighted by Gasteiger charge is -2.34. The third-order valence-corrected chi connectivity index (χ3v) is 5.38. The SMILES string of the molecule is O=C(c1cnc(N2CCOC(Cn3cccn3)C2)c(Cl)c1)N1CCCCC1. The number of carbonyl (C=O) groups is 1. The molecule has 0 spiro atoms. The number of aromatic nitrogens is 3. The van der Waals surface area contributed by atoms with Gasteiger partial charge in [0.2, 0.25) is 0 Å². The summed E-state index contributed by atoms with van der Waals surface area (Å²) in [5, 5.41) is 4.75. The second-order valence-corrected chi connectivity index (χ2v) is 7.46. The molecule has 7 nitrogen and oxygen atoms in total. The van der Waals surface area contributed by atoms with Gasteiger partial charge in [-0.25, -0.2) is 4.98 Å². The summed E-state index contributed by atoms with van der Waals surface area (Å²) in [5.74, 6) is 0.731. The van der Waals surface area contributed by atoms with E-state index in [1.807, 2.05) is 21.8 Å². The molecule has 4 heterocycles. The van der Waals surface area contributed by atoms with Gasteiger partial charge in [0, 0.05) is 44.8 Å². The molecule has 1 atom stereocenters. The molecule has 2 aromatic rings. The van der Waals surface area contributed by atoms with Crippen molar-refractivity contribution in [2.24, 2.45) is 0 Å². The lowest BCUT2D eigenvalue weighted by atomic mass is 10.1. The molecular weight excluding hydrogens is 366 g/mol. The molecule has 0 bridgehead atoms. The van der Waals surface area contributed by atoms with Crippen molar-refractivity contribution in [3.8, 4) is 0 Å². The Morgan fingerprint density at radius 1 is 1.26 bits per heavy atom. The van der Waals surface area contributed by atoms with Crippen molar-refractivity contribution >= 4 is 23.3 Å². The molecule has 0 aromatic carbocycles. The highest BCUT2D eigenvalue weighted by Crippen LogP contribution is 2.27. The van der Waals surface area contributed by atoms with E-state index in [0.29, 0.717) is 36.1 Å². The van der Waals surface area contributed by atoms with E-state index in [2.05, 4.69) is 15.0 Å². The summed E-state index contributed by atoms with van der Waals surface area (Å²) in [7, 11) is 0. The lowest BCUT2D eigenvalue weighted by Crippen LogP contribution is -2.45. The zero-order chi connectivity index (χ0) is 18.6. The molecule has 2 saturated heterocycles. The number of hydrogen-bond donors (Lipinski definition) is 0. The van der Waals surface area contributed by atoms with Gasteiger partial charge in [0.1, 0.15) is 5.82 Å². The first-order valence-corrected chi connectivity index (χ1v) is 9.87. The molecule has 2 aliphatic rings. The van der Waals surface area contributed by atoms with E-state index in [4.69, 9.17) is 16.3 Å². The second-order valence-electron chi connectivity index (χ2n) is 7.05. The Balaban J connectivity index is 1.44. The van der Waals surface area contributed by atoms with Crippen LogP contribution in [0.4, 0.5) is 5.82 Å². The zero-order valence-corrected chi connectivity index (χ0v) is 16.0. The normalized spacial score (nSPS) is 20.7. The predicted octanol–water partition coefficient (Wildman–Crippen LogP) is 2.46. The fourth-order valence-electron chi connectivity index (χ4n) is 3.70. The summed E-state index contributed by atoms with van der Waals surface area (Å²) >= 11 is 6.50. The van der Waals surface area contributed by atoms with Gasteiger partial charge < -0.3 is 14.5 Å². The quantitative estimate of drug-likeness (QED) is 0.803. The van der Waals surface area contributed by atoms with Crippen LogP contribution >= 0.6 is 11.6 Å². The Bertz CT molecular complexity index is 776. The average Bonchev–Trinajstić information content (AvgIpc) is 3.21. The first-order valence-electron chi connectivity index (χ1n) is 9.49. The van der Waals surface area contributed by atoms with Crippen LogP contribution in [-0.4, -0.2) is 64.5 Å². The molecule has 8 heteroatoms. The first-order chi connectivity index (χ1) is 13.2. The van der Waals surface area contributed by atoms with Crippen LogP contribution < -0.4 is 4.90 Å². The number of ether oxygens (including phenoxy) is 1. The molecule has 0 aliphatic carbocycles. The lowest BCUT2D eigenvalue weighted by molar-refractivity contribution is 0.0272. The van der Waals surface area contributed by atoms with Gasteiger partial charge in [0.25, 0.3) is 5.91 Å². The number of rotatable bonds is 4. The van der Waals surface area contributed by atoms with E-state index < -0.39 is 0 Å². The number of halogens is 1. The second kappa shape index (κ2) is 8.27. The van der Waals surface area contributed by atoms with Crippen LogP contribution in [0.15, 0.2) is 30.7 Å². The smallest absolute Gasteiger partial charge is 0.255 e. The Morgan fingerprint density at radius 2 is 2.11 bits per heavy atom. The van der Waals surface area contributed by atoms with Gasteiger partial charge in [0.05, 0.1) is 29.8 Å². The van der Waals surface area contributed by atoms with E-state index in [0.717, 1.165) is 32.5 Å². The van der Waals surface area contributed by atoms with Crippen LogP contribution in [0.2, 0.25) is 5.02 Å². The molecule has 1 amide bonds. The maximum Gasteiger partial charge on any atom is 0.255 e. The average molecular weight is 390 g/mol. The van der Waals surface area contributed by atoms with Gasteiger partial charge >= 0.3 is 0 Å². The number of morpholine rings is 1. The van der Waals surface area contributed by atoms with Gasteiger partial charge in [-0.15, -0.1) is 0 Å². The summed E-state index contributed by atoms with van der Waals surface area (Å²) in [5.41, 5.74) is 0.562. The molecular formula is C19H24ClN5O2. The number of carbonyl (C=O) groups excluding carboxylic acids is 1. The van der Waals surface area contributed by atoms with E-state index in [9.17, 15) is 4.79 Å². The summed E-state index contributed by atoms with van der Waals surface area (Å²) in [4.78, 5) is 21.2. The molecule has 2 aliphatic heterocycles. The predicted molar refractivity (Wildman–Crippen MR) is 103 cm³/mol. The topological polar surface area (TPSA) is 63.5 Å². The van der Waals surface area contributed by atoms with Crippen molar-refractivity contribution in [3.63, 3.8) is 0 Å². The summed E-state index contributed by atoms with van der Waals surface area (Å²) in [6.45, 7) is 4.34. The number of piperidine rings is 1. The summed E-state index contributed by atoms with van der Waals surface area (Å²) in [6.07, 6.45) is 8.68. The molecule has 1 unspecified atom stereocenters. The number of amides is 1. The third kappa shape index (κ3) is 4.25. The minimum absolute atomic E-state index is 0.0196. The largest absolute Gasteiger partial charge is 0.373 e. The fourth-order valence-corrected chi connectivity index (χ4v) is 3.99. The number of hydrogen-bond acceptors (Lipinski definition) is 5. The maximum absolute atomic E-state index is 12.7. The maximum atomic E-state index is 12.7. The Labute approximate surface area is 163 Å². The van der Waals surface area contributed by atoms with Crippen LogP contribution in [0.25, 0.3) is 0 Å². The Hall–Kier alpha value is -2.12. The van der Waals surface area contributed by atoms with Gasteiger partial charge in [-0.05, 0) is 31.4 Å². The molecule has 0 N–H and O–H groups in total. The molecule has 4 rings (SSSR count). The van der Waals surface area contributed by atoms with E-state index in [1.54, 1.807) is 18.5 Å². The van der Waals surface area contributed by atoms with Crippen LogP contribution in [0, 0.1) is 0 Å². The van der Waals surface area contributed by atoms with Crippen molar-refractivity contribution in [2.75, 3.05) is 37.7 Å². The number of nitrogens with zero attached hydrogens (tertiary/aromatic N) is 5. The van der Waals surface area contributed by atoms with Crippen LogP contribution in [0.1, 0.15) is 29.6 Å². The van der Waals surface area contributed by atoms with Crippen molar-refractivity contribution in [2.45, 2.75) is 31.9 Å². The minimum Gasteiger partial charge on any atom is -0.373 e. The molecule has 144 valence electrons. The van der Waals surface area contributed by atoms with E-state index in [1.165, 1.54) is 6.42 Å². The number of pyridine rings is 1. The van der Waals surface area contributed by atoms with Crippen LogP contribution in [-0.2, 0) is 11.3 Å². The van der Waals surface area contributed by atoms with Crippen molar-refractivity contribution < 1.29 is 9.53 Å². The van der Waals surface area contributed by atoms with Crippen molar-refractivity contribution in [1.82, 2.24) is 19.7 Å². The summed E-state index contributed by atoms with van der Waals surface area (Å²) in [6, 6.07) is 3.65. The third-order valence-electron chi connectivity index (χ3n) is 5.10. The molecule has 0 saturated carbocycles. The van der Waals surface area contributed by atoms with E-state index >= 15 is 0 Å². The number of likely N-dealkylation sites (tertiary alicyclic amines) is 1. The molecule has 2 fully saturated rings. The monoisotopic (exact) mass is 389 g/mol. The summed E-state index contributed by atoms with van der Waals surface area (Å²) < 4.78 is 7.71. The molecule has 27 heavy (non-hydrogen) atoms. The van der Waals surface area contributed by atoms with Crippen LogP contribution in [0.5, 0.6) is 0 Å². The standard InChI is InChI=1S/C19H24ClN5O2/c20-17-11-15(19(26)23-6-2-1-3-7-23)12-21-18(17)24-9-10-27-16(13-24)14-25-8-4-5-22-25/h4-5,8,11-12,16H,1-3,6-7,9-10,13-14H2. The van der Waals surface area contributed by atoms with Crippen LogP contribution in [0.3, 0.4) is 0 Å². The fraction of sp³-hybridized carbons (Fsp3) is 0.526. The van der Waals surface area contributed by atoms with Gasteiger partial charge in [-0.3, -0.25) is 9.48 Å². The van der Waals surface area contributed by atoms with E-state index in [-0.39, 0.29) is 12.0 Å². The first kappa shape index (κ1) is 18.3. The van der Waals surface area contributed by atoms with Gasteiger partial charge in [-0.1, -0.05) is 11.6 Å². The van der Waals surface area contributed by atoms with Crippen molar-refractivity contribution in [3.05, 3.63) is 41.3 Å². The van der Waals surface area contributed by atoms with Crippen molar-refractivity contribution in [1.29, 1.82) is 0 Å².